The number of carbonyl (C=O) groups is 5. The molecule has 4 aliphatic rings. The lowest BCUT2D eigenvalue weighted by molar-refractivity contribution is -0.181. The molecule has 0 spiro atoms. The van der Waals surface area contributed by atoms with Crippen molar-refractivity contribution in [3.8, 4) is 28.4 Å². The van der Waals surface area contributed by atoms with Crippen molar-refractivity contribution in [3.05, 3.63) is 41.0 Å². The predicted molar refractivity (Wildman–Crippen MR) is 152 cm³/mol. The van der Waals surface area contributed by atoms with Crippen LogP contribution in [0.1, 0.15) is 48.7 Å². The predicted octanol–water partition coefficient (Wildman–Crippen LogP) is 1.56. The lowest BCUT2D eigenvalue weighted by Gasteiger charge is -2.52. The highest BCUT2D eigenvalue weighted by Crippen LogP contribution is 2.53. The van der Waals surface area contributed by atoms with E-state index in [1.165, 1.54) is 4.90 Å². The maximum absolute atomic E-state index is 14.3. The van der Waals surface area contributed by atoms with Gasteiger partial charge in [0.2, 0.25) is 12.7 Å². The molecule has 226 valence electrons. The normalized spacial score (nSPS) is 29.8. The summed E-state index contributed by atoms with van der Waals surface area (Å²) < 4.78 is 11.0. The topological polar surface area (TPSA) is 174 Å². The number of fused-ring (bicyclic) bond motifs is 4. The molecule has 0 bridgehead atoms. The van der Waals surface area contributed by atoms with Gasteiger partial charge in [-0.05, 0) is 73.2 Å². The van der Waals surface area contributed by atoms with Crippen molar-refractivity contribution >= 4 is 29.0 Å². The van der Waals surface area contributed by atoms with Crippen LogP contribution < -0.4 is 15.2 Å². The molecule has 11 nitrogen and oxygen atoms in total. The summed E-state index contributed by atoms with van der Waals surface area (Å²) in [5, 5.41) is 23.4. The maximum Gasteiger partial charge on any atom is 0.235 e. The fraction of sp³-hybridized carbons (Fsp3) is 0.469. The Kier molecular flexibility index (Phi) is 6.38. The van der Waals surface area contributed by atoms with Crippen LogP contribution in [0.2, 0.25) is 0 Å². The van der Waals surface area contributed by atoms with Crippen molar-refractivity contribution in [1.82, 2.24) is 4.90 Å². The van der Waals surface area contributed by atoms with Crippen molar-refractivity contribution in [3.63, 3.8) is 0 Å². The Hall–Kier alpha value is -4.09. The molecule has 6 rings (SSSR count). The Balaban J connectivity index is 1.54. The molecule has 1 amide bonds. The van der Waals surface area contributed by atoms with E-state index in [-0.39, 0.29) is 30.9 Å². The van der Waals surface area contributed by atoms with Crippen LogP contribution in [0.3, 0.4) is 0 Å². The Morgan fingerprint density at radius 2 is 1.72 bits per heavy atom. The number of ketones is 4. The summed E-state index contributed by atoms with van der Waals surface area (Å²) in [4.78, 5) is 69.1. The summed E-state index contributed by atoms with van der Waals surface area (Å²) in [6, 6.07) is 6.08. The summed E-state index contributed by atoms with van der Waals surface area (Å²) in [5.74, 6) is -9.61. The summed E-state index contributed by atoms with van der Waals surface area (Å²) in [6.07, 6.45) is 0.139. The average Bonchev–Trinajstić information content (AvgIpc) is 3.38. The highest BCUT2D eigenvalue weighted by Gasteiger charge is 2.69. The number of amides is 1. The van der Waals surface area contributed by atoms with Gasteiger partial charge in [-0.1, -0.05) is 26.8 Å². The second-order valence-electron chi connectivity index (χ2n) is 13.3. The number of benzene rings is 2. The molecule has 1 aliphatic heterocycles. The first kappa shape index (κ1) is 29.0. The van der Waals surface area contributed by atoms with E-state index in [0.717, 1.165) is 5.56 Å². The van der Waals surface area contributed by atoms with Gasteiger partial charge in [0, 0.05) is 11.5 Å². The first-order valence-electron chi connectivity index (χ1n) is 14.2. The molecule has 6 unspecified atom stereocenters. The van der Waals surface area contributed by atoms with Gasteiger partial charge in [0.05, 0.1) is 17.5 Å². The smallest absolute Gasteiger partial charge is 0.235 e. The highest BCUT2D eigenvalue weighted by atomic mass is 16.7. The molecule has 6 atom stereocenters. The number of likely N-dealkylation sites (N-methyl/N-ethyl adjacent to an activating group) is 1. The van der Waals surface area contributed by atoms with E-state index < -0.39 is 69.8 Å². The van der Waals surface area contributed by atoms with Crippen molar-refractivity contribution in [2.24, 2.45) is 29.4 Å². The van der Waals surface area contributed by atoms with E-state index >= 15 is 0 Å². The third kappa shape index (κ3) is 3.97. The molecule has 0 radical (unpaired) electrons. The third-order valence-electron chi connectivity index (χ3n) is 9.55. The van der Waals surface area contributed by atoms with E-state index in [0.29, 0.717) is 28.2 Å². The molecule has 2 fully saturated rings. The first-order valence-corrected chi connectivity index (χ1v) is 14.2. The average molecular weight is 591 g/mol. The molecule has 3 aliphatic carbocycles. The summed E-state index contributed by atoms with van der Waals surface area (Å²) >= 11 is 0. The Morgan fingerprint density at radius 3 is 2.35 bits per heavy atom. The fourth-order valence-electron chi connectivity index (χ4n) is 7.57. The monoisotopic (exact) mass is 590 g/mol. The number of hydrogen-bond donors (Lipinski definition) is 3. The van der Waals surface area contributed by atoms with Crippen LogP contribution in [0.5, 0.6) is 17.2 Å². The second kappa shape index (κ2) is 9.45. The van der Waals surface area contributed by atoms with Gasteiger partial charge in [-0.25, -0.2) is 0 Å². The molecule has 2 aromatic rings. The Morgan fingerprint density at radius 1 is 1.05 bits per heavy atom. The lowest BCUT2D eigenvalue weighted by Crippen LogP contribution is -2.74. The largest absolute Gasteiger partial charge is 0.507 e. The molecule has 2 aromatic carbocycles. The number of rotatable bonds is 3. The van der Waals surface area contributed by atoms with Gasteiger partial charge in [-0.2, -0.15) is 0 Å². The van der Waals surface area contributed by atoms with Crippen LogP contribution in [-0.2, 0) is 31.0 Å². The van der Waals surface area contributed by atoms with Gasteiger partial charge in [-0.3, -0.25) is 28.9 Å². The molecular formula is C32H34N2O9. The Labute approximate surface area is 247 Å². The molecule has 4 N–H and O–H groups in total. The zero-order valence-electron chi connectivity index (χ0n) is 24.6. The number of aromatic hydroxyl groups is 1. The van der Waals surface area contributed by atoms with E-state index in [9.17, 15) is 34.2 Å². The molecule has 0 saturated heterocycles. The molecular weight excluding hydrogens is 556 g/mol. The van der Waals surface area contributed by atoms with Crippen molar-refractivity contribution in [2.45, 2.75) is 50.7 Å². The van der Waals surface area contributed by atoms with Crippen LogP contribution in [0.15, 0.2) is 24.3 Å². The SMILES string of the molecule is CN(C)C1C(=O)C(C(N)=O)C(=O)C2(O)C(=O)C3C(=O)c4c(O)c(C(C)(C)C)cc(-c5ccc6c(c5)OCO6)c4CC3CC12. The fourth-order valence-corrected chi connectivity index (χ4v) is 7.57. The molecule has 0 aromatic heterocycles. The van der Waals surface area contributed by atoms with Crippen LogP contribution in [0, 0.1) is 23.7 Å². The molecule has 1 heterocycles. The minimum Gasteiger partial charge on any atom is -0.507 e. The van der Waals surface area contributed by atoms with E-state index in [4.69, 9.17) is 15.2 Å². The highest BCUT2D eigenvalue weighted by molar-refractivity contribution is 6.32. The van der Waals surface area contributed by atoms with Crippen LogP contribution >= 0.6 is 0 Å². The van der Waals surface area contributed by atoms with Gasteiger partial charge < -0.3 is 25.4 Å². The van der Waals surface area contributed by atoms with Crippen LogP contribution in [-0.4, -0.2) is 76.7 Å². The van der Waals surface area contributed by atoms with Crippen LogP contribution in [0.4, 0.5) is 0 Å². The number of phenols is 1. The number of carbonyl (C=O) groups excluding carboxylic acids is 5. The van der Waals surface area contributed by atoms with Gasteiger partial charge in [0.15, 0.2) is 46.2 Å². The van der Waals surface area contributed by atoms with Gasteiger partial charge in [0.25, 0.3) is 0 Å². The van der Waals surface area contributed by atoms with E-state index in [1.807, 2.05) is 32.9 Å². The standard InChI is InChI=1S/C32H34N2O9/c1-31(2,3)18-11-15(13-6-7-19-20(10-13)43-12-42-19)16-8-14-9-17-24(34(4)5)27(37)23(30(33)40)29(39)32(17,41)28(38)21(14)26(36)22(16)25(18)35/h6-7,10-11,14,17,21,23-24,35,41H,8-9,12H2,1-5H3,(H2,33,40). The van der Waals surface area contributed by atoms with Gasteiger partial charge in [-0.15, -0.1) is 0 Å². The number of primary amides is 1. The van der Waals surface area contributed by atoms with E-state index in [1.54, 1.807) is 26.2 Å². The summed E-state index contributed by atoms with van der Waals surface area (Å²) in [5.41, 5.74) is 4.39. The summed E-state index contributed by atoms with van der Waals surface area (Å²) in [7, 11) is 3.11. The van der Waals surface area contributed by atoms with Gasteiger partial charge in [0.1, 0.15) is 5.75 Å². The minimum atomic E-state index is -2.77. The first-order chi connectivity index (χ1) is 20.1. The number of hydrogen-bond acceptors (Lipinski definition) is 10. The second-order valence-corrected chi connectivity index (χ2v) is 13.3. The number of aliphatic hydroxyl groups is 1. The molecule has 11 heteroatoms. The lowest BCUT2D eigenvalue weighted by atomic mass is 9.52. The maximum atomic E-state index is 14.3. The molecule has 43 heavy (non-hydrogen) atoms. The summed E-state index contributed by atoms with van der Waals surface area (Å²) in [6.45, 7) is 5.73. The van der Waals surface area contributed by atoms with Crippen molar-refractivity contribution < 1.29 is 43.7 Å². The molecule has 2 saturated carbocycles. The minimum absolute atomic E-state index is 0.0216. The zero-order valence-corrected chi connectivity index (χ0v) is 24.6. The van der Waals surface area contributed by atoms with Crippen LogP contribution in [0.25, 0.3) is 11.1 Å². The number of nitrogens with zero attached hydrogens (tertiary/aromatic N) is 1. The number of ether oxygens (including phenoxy) is 2. The van der Waals surface area contributed by atoms with E-state index in [2.05, 4.69) is 0 Å². The quantitative estimate of drug-likeness (QED) is 0.445. The van der Waals surface area contributed by atoms with Crippen molar-refractivity contribution in [1.29, 1.82) is 0 Å². The third-order valence-corrected chi connectivity index (χ3v) is 9.55. The van der Waals surface area contributed by atoms with Gasteiger partial charge >= 0.3 is 0 Å². The van der Waals surface area contributed by atoms with Crippen molar-refractivity contribution in [2.75, 3.05) is 20.9 Å². The zero-order chi connectivity index (χ0) is 31.3. The number of Topliss-reactive ketones (excluding diaryl/α,β-unsaturated/α-hetero) is 4. The Bertz CT molecular complexity index is 1640. The number of phenolic OH excluding ortho intramolecular Hbond substituents is 1. The number of nitrogens with two attached hydrogens (primary N) is 1.